The van der Waals surface area contributed by atoms with Crippen molar-refractivity contribution in [3.8, 4) is 5.88 Å². The summed E-state index contributed by atoms with van der Waals surface area (Å²) < 4.78 is 25.0. The van der Waals surface area contributed by atoms with Crippen LogP contribution in [0.5, 0.6) is 5.88 Å². The molecule has 1 aromatic heterocycles. The number of nitrogens with zero attached hydrogens (tertiary/aromatic N) is 2. The summed E-state index contributed by atoms with van der Waals surface area (Å²) in [4.78, 5) is 41.9. The molecule has 4 unspecified atom stereocenters. The van der Waals surface area contributed by atoms with Crippen molar-refractivity contribution in [1.29, 1.82) is 0 Å². The number of ether oxygens (including phenoxy) is 2. The number of carbonyl (C=O) groups is 3. The Morgan fingerprint density at radius 1 is 1.31 bits per heavy atom. The molecule has 1 aliphatic heterocycles. The number of halogens is 2. The lowest BCUT2D eigenvalue weighted by atomic mass is 9.89. The molecule has 0 spiro atoms. The smallest absolute Gasteiger partial charge is 0.404 e. The summed E-state index contributed by atoms with van der Waals surface area (Å²) in [5, 5.41) is 11.1. The maximum atomic E-state index is 15.4. The van der Waals surface area contributed by atoms with Crippen LogP contribution in [0, 0.1) is 5.92 Å². The number of nitrogens with two attached hydrogens (primary N) is 1. The molecule has 10 nitrogen and oxygen atoms in total. The van der Waals surface area contributed by atoms with Crippen LogP contribution < -0.4 is 15.8 Å². The van der Waals surface area contributed by atoms with Gasteiger partial charge in [-0.25, -0.2) is 23.8 Å². The molecule has 1 saturated heterocycles. The highest BCUT2D eigenvalue weighted by molar-refractivity contribution is 6.21. The number of aliphatic hydroxyl groups excluding tert-OH is 1. The van der Waals surface area contributed by atoms with E-state index in [1.165, 1.54) is 6.07 Å². The first-order chi connectivity index (χ1) is 17.1. The first kappa shape index (κ1) is 27.5. The van der Waals surface area contributed by atoms with E-state index in [4.69, 9.17) is 22.1 Å². The van der Waals surface area contributed by atoms with Gasteiger partial charge in [-0.15, -0.1) is 11.6 Å². The van der Waals surface area contributed by atoms with Gasteiger partial charge in [0, 0.05) is 49.8 Å². The monoisotopic (exact) mass is 522 g/mol. The van der Waals surface area contributed by atoms with Crippen LogP contribution >= 0.6 is 11.6 Å². The molecule has 0 radical (unpaired) electrons. The van der Waals surface area contributed by atoms with Crippen LogP contribution in [0.2, 0.25) is 0 Å². The Hall–Kier alpha value is -3.12. The Morgan fingerprint density at radius 2 is 2.03 bits per heavy atom. The second-order valence-corrected chi connectivity index (χ2v) is 9.15. The van der Waals surface area contributed by atoms with Gasteiger partial charge >= 0.3 is 18.0 Å². The minimum atomic E-state index is -2.14. The molecule has 2 aromatic rings. The van der Waals surface area contributed by atoms with E-state index in [-0.39, 0.29) is 31.4 Å². The van der Waals surface area contributed by atoms with Crippen LogP contribution in [0.1, 0.15) is 13.3 Å². The van der Waals surface area contributed by atoms with Crippen molar-refractivity contribution in [2.24, 2.45) is 11.7 Å². The summed E-state index contributed by atoms with van der Waals surface area (Å²) in [5.74, 6) is -2.07. The zero-order chi connectivity index (χ0) is 26.3. The number of hydrogen-bond acceptors (Lipinski definition) is 9. The zero-order valence-electron chi connectivity index (χ0n) is 19.6. The highest BCUT2D eigenvalue weighted by atomic mass is 35.5. The fraction of sp³-hybridized carbons (Fsp3) is 0.417. The number of esters is 2. The standard InChI is InChI=1S/C24H28ClFN4O6/c1-15(14-31)12-30-11-10-24(26,18(25)13-30)22(27)29-23(34)36-21(33)9-8-20(32)35-19-7-6-16-4-2-3-5-17(16)28-19/h2-9,15,18,22,31H,10-14,27H2,1H3,(H,29,34)/b9-8+. The molecule has 1 aliphatic rings. The number of nitrogens with one attached hydrogen (secondary N) is 1. The molecule has 2 heterocycles. The van der Waals surface area contributed by atoms with Crippen molar-refractivity contribution >= 4 is 40.5 Å². The van der Waals surface area contributed by atoms with Gasteiger partial charge < -0.3 is 30.5 Å². The van der Waals surface area contributed by atoms with Crippen molar-refractivity contribution in [3.05, 3.63) is 48.6 Å². The Kier molecular flexibility index (Phi) is 9.32. The van der Waals surface area contributed by atoms with E-state index in [1.807, 2.05) is 24.0 Å². The highest BCUT2D eigenvalue weighted by Crippen LogP contribution is 2.33. The third-order valence-corrected chi connectivity index (χ3v) is 6.25. The van der Waals surface area contributed by atoms with Crippen molar-refractivity contribution in [1.82, 2.24) is 15.2 Å². The molecule has 0 aliphatic carbocycles. The number of pyridine rings is 1. The predicted octanol–water partition coefficient (Wildman–Crippen LogP) is 1.88. The van der Waals surface area contributed by atoms with Gasteiger partial charge in [0.15, 0.2) is 5.67 Å². The summed E-state index contributed by atoms with van der Waals surface area (Å²) in [7, 11) is 0. The predicted molar refractivity (Wildman–Crippen MR) is 130 cm³/mol. The van der Waals surface area contributed by atoms with E-state index < -0.39 is 35.2 Å². The molecule has 1 aromatic carbocycles. The number of alkyl carbamates (subject to hydrolysis) is 1. The van der Waals surface area contributed by atoms with E-state index in [1.54, 1.807) is 18.2 Å². The number of carbonyl (C=O) groups excluding carboxylic acids is 3. The molecule has 4 atom stereocenters. The van der Waals surface area contributed by atoms with E-state index >= 15 is 4.39 Å². The quantitative estimate of drug-likeness (QED) is 0.155. The number of para-hydroxylation sites is 1. The second kappa shape index (κ2) is 12.2. The summed E-state index contributed by atoms with van der Waals surface area (Å²) in [5.41, 5.74) is 4.31. The lowest BCUT2D eigenvalue weighted by Crippen LogP contribution is -2.65. The van der Waals surface area contributed by atoms with Gasteiger partial charge in [0.25, 0.3) is 0 Å². The minimum absolute atomic E-state index is 0.00233. The van der Waals surface area contributed by atoms with Crippen molar-refractivity contribution in [2.45, 2.75) is 30.6 Å². The highest BCUT2D eigenvalue weighted by Gasteiger charge is 2.48. The maximum absolute atomic E-state index is 15.4. The fourth-order valence-corrected chi connectivity index (χ4v) is 4.19. The van der Waals surface area contributed by atoms with E-state index in [2.05, 4.69) is 15.0 Å². The Labute approximate surface area is 212 Å². The third-order valence-electron chi connectivity index (χ3n) is 5.75. The van der Waals surface area contributed by atoms with E-state index in [9.17, 15) is 19.5 Å². The fourth-order valence-electron chi connectivity index (χ4n) is 3.75. The van der Waals surface area contributed by atoms with Gasteiger partial charge in [0.05, 0.1) is 10.9 Å². The van der Waals surface area contributed by atoms with Gasteiger partial charge in [-0.05, 0) is 24.5 Å². The van der Waals surface area contributed by atoms with Crippen LogP contribution in [-0.2, 0) is 14.3 Å². The number of aliphatic hydroxyl groups is 1. The molecule has 36 heavy (non-hydrogen) atoms. The number of aromatic nitrogens is 1. The molecule has 3 rings (SSSR count). The first-order valence-electron chi connectivity index (χ1n) is 11.3. The average molecular weight is 523 g/mol. The number of fused-ring (bicyclic) bond motifs is 1. The Bertz CT molecular complexity index is 1130. The lowest BCUT2D eigenvalue weighted by molar-refractivity contribution is -0.133. The van der Waals surface area contributed by atoms with Gasteiger partial charge in [-0.2, -0.15) is 0 Å². The molecule has 0 saturated carbocycles. The van der Waals surface area contributed by atoms with Crippen LogP contribution in [0.15, 0.2) is 48.6 Å². The SMILES string of the molecule is CC(CO)CN1CCC(F)(C(N)NC(=O)OC(=O)/C=C/C(=O)Oc2ccc3ccccc3n2)C(Cl)C1. The maximum Gasteiger partial charge on any atom is 0.416 e. The number of alkyl halides is 2. The van der Waals surface area contributed by atoms with Gasteiger partial charge in [0.2, 0.25) is 5.88 Å². The molecular weight excluding hydrogens is 495 g/mol. The lowest BCUT2D eigenvalue weighted by Gasteiger charge is -2.43. The van der Waals surface area contributed by atoms with Crippen LogP contribution in [-0.4, -0.2) is 76.5 Å². The van der Waals surface area contributed by atoms with Crippen LogP contribution in [0.4, 0.5) is 9.18 Å². The molecule has 4 N–H and O–H groups in total. The number of likely N-dealkylation sites (tertiary alicyclic amines) is 1. The molecule has 12 heteroatoms. The minimum Gasteiger partial charge on any atom is -0.404 e. The number of amides is 1. The summed E-state index contributed by atoms with van der Waals surface area (Å²) in [6.07, 6.45) is -1.45. The zero-order valence-corrected chi connectivity index (χ0v) is 20.4. The topological polar surface area (TPSA) is 144 Å². The average Bonchev–Trinajstić information content (AvgIpc) is 2.84. The molecule has 0 bridgehead atoms. The second-order valence-electron chi connectivity index (χ2n) is 8.62. The Morgan fingerprint density at radius 3 is 2.75 bits per heavy atom. The number of benzene rings is 1. The van der Waals surface area contributed by atoms with E-state index in [0.717, 1.165) is 11.5 Å². The summed E-state index contributed by atoms with van der Waals surface area (Å²) >= 11 is 6.23. The summed E-state index contributed by atoms with van der Waals surface area (Å²) in [6.45, 7) is 2.89. The van der Waals surface area contributed by atoms with E-state index in [0.29, 0.717) is 24.7 Å². The first-order valence-corrected chi connectivity index (χ1v) is 11.7. The van der Waals surface area contributed by atoms with Gasteiger partial charge in [0.1, 0.15) is 6.17 Å². The Balaban J connectivity index is 1.47. The van der Waals surface area contributed by atoms with Gasteiger partial charge in [-0.3, -0.25) is 0 Å². The van der Waals surface area contributed by atoms with Crippen LogP contribution in [0.3, 0.4) is 0 Å². The molecular formula is C24H28ClFN4O6. The number of hydrogen-bond donors (Lipinski definition) is 3. The van der Waals surface area contributed by atoms with Gasteiger partial charge in [-0.1, -0.05) is 25.1 Å². The number of piperidine rings is 1. The van der Waals surface area contributed by atoms with Crippen molar-refractivity contribution < 1.29 is 33.4 Å². The molecule has 1 amide bonds. The van der Waals surface area contributed by atoms with Crippen LogP contribution in [0.25, 0.3) is 10.9 Å². The third kappa shape index (κ3) is 7.20. The molecule has 194 valence electrons. The summed E-state index contributed by atoms with van der Waals surface area (Å²) in [6, 6.07) is 10.4. The normalized spacial score (nSPS) is 22.2. The largest absolute Gasteiger partial charge is 0.416 e. The number of rotatable bonds is 8. The van der Waals surface area contributed by atoms with Crippen molar-refractivity contribution in [3.63, 3.8) is 0 Å². The molecule has 1 fully saturated rings. The van der Waals surface area contributed by atoms with Crippen molar-refractivity contribution in [2.75, 3.05) is 26.2 Å².